The van der Waals surface area contributed by atoms with E-state index in [9.17, 15) is 36.7 Å². The van der Waals surface area contributed by atoms with Gasteiger partial charge in [0, 0.05) is 122 Å². The fraction of sp³-hybridized carbons (Fsp3) is 0.280. The molecule has 12 aromatic rings. The Bertz CT molecular complexity index is 5340. The van der Waals surface area contributed by atoms with Gasteiger partial charge in [-0.1, -0.05) is 0 Å². The summed E-state index contributed by atoms with van der Waals surface area (Å²) >= 11 is 4.33. The van der Waals surface area contributed by atoms with E-state index in [4.69, 9.17) is 27.4 Å². The molecular formula is C82H82F4N18O5S3. The van der Waals surface area contributed by atoms with Crippen LogP contribution in [0.3, 0.4) is 0 Å². The number of benzene rings is 2. The normalized spacial score (nSPS) is 13.8. The highest BCUT2D eigenvalue weighted by molar-refractivity contribution is 7.14. The van der Waals surface area contributed by atoms with Crippen molar-refractivity contribution in [3.63, 3.8) is 0 Å². The average molecular weight is 1570 g/mol. The zero-order valence-corrected chi connectivity index (χ0v) is 64.4. The Hall–Kier alpha value is -11.3. The van der Waals surface area contributed by atoms with Crippen molar-refractivity contribution in [2.75, 3.05) is 90.2 Å². The number of nitrogens with two attached hydrogens (primary N) is 4. The molecular weight excluding hydrogens is 1490 g/mol. The molecule has 0 atom stereocenters. The highest BCUT2D eigenvalue weighted by Crippen LogP contribution is 2.33. The molecule has 0 saturated carbocycles. The fourth-order valence-corrected chi connectivity index (χ4v) is 16.1. The van der Waals surface area contributed by atoms with Gasteiger partial charge < -0.3 is 42.1 Å². The van der Waals surface area contributed by atoms with Gasteiger partial charge in [-0.2, -0.15) is 0 Å². The van der Waals surface area contributed by atoms with E-state index in [0.717, 1.165) is 118 Å². The smallest absolute Gasteiger partial charge is 0.229 e. The van der Waals surface area contributed by atoms with E-state index in [1.807, 2.05) is 54.4 Å². The number of nitrogen functional groups attached to an aromatic ring is 4. The molecule has 112 heavy (non-hydrogen) atoms. The number of halogens is 4. The van der Waals surface area contributed by atoms with Crippen LogP contribution in [0.1, 0.15) is 101 Å². The number of hydrogen-bond acceptors (Lipinski definition) is 25. The van der Waals surface area contributed by atoms with E-state index < -0.39 is 0 Å². The third-order valence-corrected chi connectivity index (χ3v) is 22.7. The van der Waals surface area contributed by atoms with Gasteiger partial charge in [-0.25, -0.2) is 37.5 Å². The minimum atomic E-state index is -0.388. The van der Waals surface area contributed by atoms with E-state index in [0.29, 0.717) is 123 Å². The minimum absolute atomic E-state index is 0.0317. The summed E-state index contributed by atoms with van der Waals surface area (Å²) in [6, 6.07) is 35.7. The molecule has 16 rings (SSSR count). The molecule has 2 aromatic carbocycles. The lowest BCUT2D eigenvalue weighted by molar-refractivity contribution is -0.131. The maximum absolute atomic E-state index is 13.2. The Morgan fingerprint density at radius 2 is 0.938 bits per heavy atom. The summed E-state index contributed by atoms with van der Waals surface area (Å²) in [5, 5.41) is 1.45. The second-order valence-electron chi connectivity index (χ2n) is 27.7. The molecule has 0 spiro atoms. The topological polar surface area (TPSA) is 318 Å². The number of furan rings is 1. The van der Waals surface area contributed by atoms with E-state index in [2.05, 4.69) is 67.8 Å². The van der Waals surface area contributed by atoms with Crippen molar-refractivity contribution in [1.29, 1.82) is 0 Å². The van der Waals surface area contributed by atoms with Gasteiger partial charge in [0.1, 0.15) is 30.7 Å². The summed E-state index contributed by atoms with van der Waals surface area (Å²) in [6.45, 7) is 6.45. The summed E-state index contributed by atoms with van der Waals surface area (Å²) in [5.41, 5.74) is 39.2. The Kier molecular flexibility index (Phi) is 25.5. The number of amides is 1. The monoisotopic (exact) mass is 1570 g/mol. The molecule has 8 N–H and O–H groups in total. The number of hydrogen-bond donors (Lipinski definition) is 4. The molecule has 0 saturated heterocycles. The Labute approximate surface area is 656 Å². The maximum Gasteiger partial charge on any atom is 0.229 e. The number of ketones is 3. The quantitative estimate of drug-likeness (QED) is 0.0383. The van der Waals surface area contributed by atoms with E-state index >= 15 is 0 Å². The first-order valence-electron chi connectivity index (χ1n) is 36.3. The van der Waals surface area contributed by atoms with E-state index in [1.165, 1.54) is 63.2 Å². The number of alkyl halides is 2. The predicted molar refractivity (Wildman–Crippen MR) is 426 cm³/mol. The molecule has 4 aliphatic rings. The first-order chi connectivity index (χ1) is 54.1. The first-order valence-corrected chi connectivity index (χ1v) is 38.8. The summed E-state index contributed by atoms with van der Waals surface area (Å²) in [4.78, 5) is 105. The van der Waals surface area contributed by atoms with Gasteiger partial charge in [0.25, 0.3) is 0 Å². The van der Waals surface area contributed by atoms with Crippen LogP contribution in [0, 0.1) is 11.6 Å². The molecule has 10 aromatic heterocycles. The Morgan fingerprint density at radius 1 is 0.491 bits per heavy atom. The standard InChI is InChI=1S/C23H24FN5O.C21H20F2N4OS.C20H20FN5OS.C18H18N4O2S/c1-28(2)14-19-9-16-12-29(13-17(16)11-26-19)23(30)10-22-20(25)7-8-21(27-22)15-3-5-18(24)6-4-15;22-8-10-27-9-7-20-18(12-27)26-21(29-20)19(28)11-17-15(24)5-6-16(25-17)13-1-3-14(23)4-2-13;21-6-9-26-8-5-19-17(12-26)25-20(28-19)18(27)10-16-14(22)3-4-15(24-16)13-2-1-7-23-11-13;1-22-7-6-17-14(10-22)21-18(25-17)15(23)9-13-11(19)4-5-12(20-13)16-3-2-8-24-16/h3-9,11H,10,12-14,25H2,1-2H3;1-6H,7-12,24H2;1-4,7,11H,5-6,8-10,12,22H2;2-5,8H,6-7,9-10,19H2,1H3. The molecule has 0 fully saturated rings. The number of likely N-dealkylation sites (N-methyl/N-ethyl adjacent to an activating group) is 1. The molecule has 30 heteroatoms. The van der Waals surface area contributed by atoms with E-state index in [1.54, 1.807) is 96.4 Å². The lowest BCUT2D eigenvalue weighted by atomic mass is 10.1. The number of rotatable bonds is 21. The SMILES string of the molecule is CN(C)Cc1cc2c(cn1)CN(C(=O)Cc1nc(-c3ccc(F)cc3)ccc1N)C2.CN1CCc2sc(C(=O)Cc3nc(-c4ccco4)ccc3N)nc2C1.Nc1ccc(-c2ccc(F)cc2)nc1CC(=O)c1nc2c(s1)CCN(CCF)C2.Nc1ccc(-c2cccnc2)nc1CC(=O)c1nc2c(s1)CCN(CCF)C2. The predicted octanol–water partition coefficient (Wildman–Crippen LogP) is 12.4. The Balaban J connectivity index is 0.000000131. The molecule has 23 nitrogen and oxygen atoms in total. The van der Waals surface area contributed by atoms with Gasteiger partial charge in [-0.05, 0) is 179 Å². The van der Waals surface area contributed by atoms with Crippen LogP contribution in [0.4, 0.5) is 40.3 Å². The third kappa shape index (κ3) is 19.9. The van der Waals surface area contributed by atoms with Gasteiger partial charge in [0.05, 0.1) is 117 Å². The lowest BCUT2D eigenvalue weighted by Gasteiger charge is -2.24. The van der Waals surface area contributed by atoms with Crippen LogP contribution in [0.25, 0.3) is 45.2 Å². The minimum Gasteiger partial charge on any atom is -0.463 e. The van der Waals surface area contributed by atoms with Crippen LogP contribution in [0.2, 0.25) is 0 Å². The number of aromatic nitrogens is 9. The molecule has 576 valence electrons. The van der Waals surface area contributed by atoms with Crippen LogP contribution < -0.4 is 22.9 Å². The van der Waals surface area contributed by atoms with Crippen molar-refractivity contribution in [2.24, 2.45) is 0 Å². The van der Waals surface area contributed by atoms with Gasteiger partial charge >= 0.3 is 0 Å². The second kappa shape index (κ2) is 36.3. The van der Waals surface area contributed by atoms with Crippen molar-refractivity contribution in [1.82, 2.24) is 69.4 Å². The number of Topliss-reactive ketones (excluding diaryl/α,β-unsaturated/α-hetero) is 3. The van der Waals surface area contributed by atoms with Crippen molar-refractivity contribution in [3.05, 3.63) is 250 Å². The zero-order valence-electron chi connectivity index (χ0n) is 61.9. The first kappa shape index (κ1) is 78.9. The van der Waals surface area contributed by atoms with Crippen molar-refractivity contribution in [3.8, 4) is 45.2 Å². The van der Waals surface area contributed by atoms with Crippen molar-refractivity contribution >= 4 is 80.0 Å². The van der Waals surface area contributed by atoms with Gasteiger partial charge in [-0.3, -0.25) is 53.9 Å². The molecule has 4 aliphatic heterocycles. The van der Waals surface area contributed by atoms with E-state index in [-0.39, 0.29) is 73.9 Å². The summed E-state index contributed by atoms with van der Waals surface area (Å²) in [7, 11) is 6.07. The van der Waals surface area contributed by atoms with Crippen LogP contribution >= 0.6 is 34.0 Å². The molecule has 1 amide bonds. The zero-order chi connectivity index (χ0) is 78.5. The molecule has 0 radical (unpaired) electrons. The van der Waals surface area contributed by atoms with Crippen LogP contribution in [-0.2, 0) is 89.0 Å². The fourth-order valence-electron chi connectivity index (χ4n) is 13.1. The number of thiazole rings is 3. The molecule has 0 unspecified atom stereocenters. The van der Waals surface area contributed by atoms with Crippen LogP contribution in [0.15, 0.2) is 157 Å². The lowest BCUT2D eigenvalue weighted by Crippen LogP contribution is -2.31. The number of nitrogens with zero attached hydrogens (tertiary/aromatic N) is 14. The summed E-state index contributed by atoms with van der Waals surface area (Å²) in [5.74, 6) is -0.287. The second-order valence-corrected chi connectivity index (χ2v) is 30.9. The molecule has 14 heterocycles. The highest BCUT2D eigenvalue weighted by atomic mass is 32.1. The van der Waals surface area contributed by atoms with Crippen molar-refractivity contribution in [2.45, 2.75) is 84.2 Å². The third-order valence-electron chi connectivity index (χ3n) is 19.1. The Morgan fingerprint density at radius 3 is 1.39 bits per heavy atom. The van der Waals surface area contributed by atoms with Gasteiger partial charge in [0.2, 0.25) is 5.91 Å². The van der Waals surface area contributed by atoms with Gasteiger partial charge in [-0.15, -0.1) is 34.0 Å². The number of anilines is 4. The molecule has 0 aliphatic carbocycles. The van der Waals surface area contributed by atoms with Crippen LogP contribution in [0.5, 0.6) is 0 Å². The summed E-state index contributed by atoms with van der Waals surface area (Å²) < 4.78 is 56.9. The maximum atomic E-state index is 13.2. The molecule has 0 bridgehead atoms. The average Bonchev–Trinajstić information content (AvgIpc) is 1.68. The highest BCUT2D eigenvalue weighted by Gasteiger charge is 2.29. The number of pyridine rings is 6. The number of carbonyl (C=O) groups excluding carboxylic acids is 4. The van der Waals surface area contributed by atoms with Crippen LogP contribution in [-0.4, -0.2) is 160 Å². The largest absolute Gasteiger partial charge is 0.463 e. The van der Waals surface area contributed by atoms with Crippen molar-refractivity contribution < 1.29 is 41.2 Å². The number of fused-ring (bicyclic) bond motifs is 4. The number of carbonyl (C=O) groups is 4. The van der Waals surface area contributed by atoms with Gasteiger partial charge in [0.15, 0.2) is 38.1 Å². The summed E-state index contributed by atoms with van der Waals surface area (Å²) in [6.07, 6.45) is 9.81.